The smallest absolute Gasteiger partial charge is 0.246 e. The molecule has 0 bridgehead atoms. The Labute approximate surface area is 103 Å². The highest BCUT2D eigenvalue weighted by Gasteiger charge is 2.31. The second-order valence-electron chi connectivity index (χ2n) is 5.10. The highest BCUT2D eigenvalue weighted by molar-refractivity contribution is 5.56. The Morgan fingerprint density at radius 1 is 1.24 bits per heavy atom. The topological polar surface area (TPSA) is 30.5 Å². The van der Waals surface area contributed by atoms with E-state index in [1.165, 1.54) is 12.8 Å². The van der Waals surface area contributed by atoms with Crippen LogP contribution in [0.4, 0.5) is 5.69 Å². The lowest BCUT2D eigenvalue weighted by Crippen LogP contribution is -2.29. The first-order valence-electron chi connectivity index (χ1n) is 6.29. The summed E-state index contributed by atoms with van der Waals surface area (Å²) in [7, 11) is 0. The van der Waals surface area contributed by atoms with Gasteiger partial charge in [0.1, 0.15) is 0 Å². The standard InChI is InChI=1S/C14H21NO2/c1-5-6-10(2)15-11-7-8-12-13(9-11)17-14(3,4)16-12/h7-10,15H,5-6H2,1-4H3. The third kappa shape index (κ3) is 2.84. The van der Waals surface area contributed by atoms with Crippen LogP contribution in [0.1, 0.15) is 40.5 Å². The number of ether oxygens (including phenoxy) is 2. The van der Waals surface area contributed by atoms with E-state index in [9.17, 15) is 0 Å². The van der Waals surface area contributed by atoms with Gasteiger partial charge in [0.15, 0.2) is 11.5 Å². The second-order valence-corrected chi connectivity index (χ2v) is 5.10. The van der Waals surface area contributed by atoms with Crippen molar-refractivity contribution in [3.05, 3.63) is 18.2 Å². The van der Waals surface area contributed by atoms with Crippen LogP contribution in [0, 0.1) is 0 Å². The fraction of sp³-hybridized carbons (Fsp3) is 0.571. The SMILES string of the molecule is CCCC(C)Nc1ccc2c(c1)OC(C)(C)O2. The number of anilines is 1. The van der Waals surface area contributed by atoms with Crippen LogP contribution in [-0.2, 0) is 0 Å². The summed E-state index contributed by atoms with van der Waals surface area (Å²) in [5.74, 6) is 1.10. The summed E-state index contributed by atoms with van der Waals surface area (Å²) in [6.07, 6.45) is 2.35. The molecule has 1 aliphatic rings. The molecule has 1 aromatic carbocycles. The third-order valence-corrected chi connectivity index (χ3v) is 2.79. The van der Waals surface area contributed by atoms with E-state index in [0.717, 1.165) is 17.2 Å². The van der Waals surface area contributed by atoms with Crippen LogP contribution in [0.15, 0.2) is 18.2 Å². The molecule has 1 atom stereocenters. The predicted octanol–water partition coefficient (Wildman–Crippen LogP) is 3.79. The van der Waals surface area contributed by atoms with Gasteiger partial charge in [0.05, 0.1) is 0 Å². The van der Waals surface area contributed by atoms with Crippen molar-refractivity contribution in [1.29, 1.82) is 0 Å². The quantitative estimate of drug-likeness (QED) is 0.861. The van der Waals surface area contributed by atoms with Gasteiger partial charge in [0.25, 0.3) is 0 Å². The molecule has 0 spiro atoms. The van der Waals surface area contributed by atoms with Gasteiger partial charge in [-0.25, -0.2) is 0 Å². The molecule has 1 aliphatic heterocycles. The zero-order chi connectivity index (χ0) is 12.5. The molecule has 2 rings (SSSR count). The summed E-state index contributed by atoms with van der Waals surface area (Å²) in [6, 6.07) is 6.49. The lowest BCUT2D eigenvalue weighted by atomic mass is 10.2. The van der Waals surface area contributed by atoms with E-state index in [-0.39, 0.29) is 0 Å². The van der Waals surface area contributed by atoms with Crippen molar-refractivity contribution >= 4 is 5.69 Å². The molecule has 1 unspecified atom stereocenters. The zero-order valence-corrected chi connectivity index (χ0v) is 11.0. The number of fused-ring (bicyclic) bond motifs is 1. The molecule has 1 heterocycles. The molecule has 3 heteroatoms. The lowest BCUT2D eigenvalue weighted by Gasteiger charge is -2.16. The molecule has 0 saturated heterocycles. The normalized spacial score (nSPS) is 17.9. The molecule has 0 amide bonds. The van der Waals surface area contributed by atoms with E-state index >= 15 is 0 Å². The summed E-state index contributed by atoms with van der Waals surface area (Å²) in [4.78, 5) is 0. The van der Waals surface area contributed by atoms with Crippen LogP contribution in [0.2, 0.25) is 0 Å². The summed E-state index contributed by atoms with van der Waals surface area (Å²) in [5.41, 5.74) is 1.09. The average molecular weight is 235 g/mol. The Balaban J connectivity index is 2.08. The maximum absolute atomic E-state index is 5.71. The molecule has 0 fully saturated rings. The predicted molar refractivity (Wildman–Crippen MR) is 69.8 cm³/mol. The maximum atomic E-state index is 5.71. The van der Waals surface area contributed by atoms with E-state index in [1.807, 2.05) is 32.0 Å². The Kier molecular flexibility index (Phi) is 3.18. The highest BCUT2D eigenvalue weighted by Crippen LogP contribution is 2.40. The number of benzene rings is 1. The van der Waals surface area contributed by atoms with Gasteiger partial charge in [0.2, 0.25) is 5.79 Å². The molecule has 3 nitrogen and oxygen atoms in total. The van der Waals surface area contributed by atoms with Crippen molar-refractivity contribution in [2.75, 3.05) is 5.32 Å². The van der Waals surface area contributed by atoms with Crippen LogP contribution in [0.3, 0.4) is 0 Å². The molecule has 0 radical (unpaired) electrons. The fourth-order valence-corrected chi connectivity index (χ4v) is 2.10. The number of hydrogen-bond acceptors (Lipinski definition) is 3. The summed E-state index contributed by atoms with van der Waals surface area (Å²) < 4.78 is 11.4. The molecular weight excluding hydrogens is 214 g/mol. The van der Waals surface area contributed by atoms with Gasteiger partial charge in [-0.3, -0.25) is 0 Å². The first kappa shape index (κ1) is 12.1. The van der Waals surface area contributed by atoms with Crippen LogP contribution < -0.4 is 14.8 Å². The minimum absolute atomic E-state index is 0.480. The molecule has 0 aromatic heterocycles. The summed E-state index contributed by atoms with van der Waals surface area (Å²) in [6.45, 7) is 8.22. The molecule has 1 N–H and O–H groups in total. The van der Waals surface area contributed by atoms with Gasteiger partial charge >= 0.3 is 0 Å². The van der Waals surface area contributed by atoms with Gasteiger partial charge in [0, 0.05) is 31.6 Å². The molecular formula is C14H21NO2. The highest BCUT2D eigenvalue weighted by atomic mass is 16.7. The number of hydrogen-bond donors (Lipinski definition) is 1. The van der Waals surface area contributed by atoms with Crippen LogP contribution in [-0.4, -0.2) is 11.8 Å². The summed E-state index contributed by atoms with van der Waals surface area (Å²) >= 11 is 0. The first-order valence-corrected chi connectivity index (χ1v) is 6.29. The summed E-state index contributed by atoms with van der Waals surface area (Å²) in [5, 5.41) is 3.46. The molecule has 0 aliphatic carbocycles. The van der Waals surface area contributed by atoms with E-state index < -0.39 is 5.79 Å². The Bertz CT molecular complexity index is 401. The maximum Gasteiger partial charge on any atom is 0.246 e. The fourth-order valence-electron chi connectivity index (χ4n) is 2.10. The van der Waals surface area contributed by atoms with E-state index in [4.69, 9.17) is 9.47 Å². The van der Waals surface area contributed by atoms with Crippen LogP contribution in [0.5, 0.6) is 11.5 Å². The van der Waals surface area contributed by atoms with Crippen molar-refractivity contribution in [2.24, 2.45) is 0 Å². The van der Waals surface area contributed by atoms with E-state index in [0.29, 0.717) is 6.04 Å². The van der Waals surface area contributed by atoms with Crippen LogP contribution in [0.25, 0.3) is 0 Å². The Morgan fingerprint density at radius 3 is 2.65 bits per heavy atom. The lowest BCUT2D eigenvalue weighted by molar-refractivity contribution is -0.0431. The monoisotopic (exact) mass is 235 g/mol. The van der Waals surface area contributed by atoms with Gasteiger partial charge < -0.3 is 14.8 Å². The van der Waals surface area contributed by atoms with Crippen molar-refractivity contribution in [3.63, 3.8) is 0 Å². The van der Waals surface area contributed by atoms with Crippen molar-refractivity contribution < 1.29 is 9.47 Å². The third-order valence-electron chi connectivity index (χ3n) is 2.79. The number of nitrogens with one attached hydrogen (secondary N) is 1. The van der Waals surface area contributed by atoms with Gasteiger partial charge in [-0.15, -0.1) is 0 Å². The van der Waals surface area contributed by atoms with Crippen LogP contribution >= 0.6 is 0 Å². The van der Waals surface area contributed by atoms with Gasteiger partial charge in [-0.1, -0.05) is 13.3 Å². The van der Waals surface area contributed by atoms with Crippen molar-refractivity contribution in [1.82, 2.24) is 0 Å². The molecule has 1 aromatic rings. The Morgan fingerprint density at radius 2 is 1.94 bits per heavy atom. The molecule has 17 heavy (non-hydrogen) atoms. The minimum Gasteiger partial charge on any atom is -0.449 e. The molecule has 0 saturated carbocycles. The largest absolute Gasteiger partial charge is 0.449 e. The molecule has 94 valence electrons. The van der Waals surface area contributed by atoms with E-state index in [1.54, 1.807) is 0 Å². The van der Waals surface area contributed by atoms with Gasteiger partial charge in [-0.2, -0.15) is 0 Å². The first-order chi connectivity index (χ1) is 8.00. The number of rotatable bonds is 4. The Hall–Kier alpha value is -1.38. The van der Waals surface area contributed by atoms with E-state index in [2.05, 4.69) is 19.2 Å². The van der Waals surface area contributed by atoms with Crippen molar-refractivity contribution in [3.8, 4) is 11.5 Å². The average Bonchev–Trinajstić information content (AvgIpc) is 2.51. The minimum atomic E-state index is -0.546. The van der Waals surface area contributed by atoms with Crippen molar-refractivity contribution in [2.45, 2.75) is 52.4 Å². The zero-order valence-electron chi connectivity index (χ0n) is 11.0. The second kappa shape index (κ2) is 4.47. The van der Waals surface area contributed by atoms with Gasteiger partial charge in [-0.05, 0) is 25.5 Å².